The second-order valence-corrected chi connectivity index (χ2v) is 6.58. The van der Waals surface area contributed by atoms with E-state index in [1.807, 2.05) is 13.0 Å². The lowest BCUT2D eigenvalue weighted by Crippen LogP contribution is -2.48. The number of nitrogens with zero attached hydrogens (tertiary/aromatic N) is 4. The Morgan fingerprint density at radius 2 is 2.05 bits per heavy atom. The Hall–Kier alpha value is -1.81. The Labute approximate surface area is 133 Å². The summed E-state index contributed by atoms with van der Waals surface area (Å²) in [7, 11) is 6.28. The molecule has 1 saturated carbocycles. The Kier molecular flexibility index (Phi) is 3.96. The normalized spacial score (nSPS) is 22.5. The second-order valence-electron chi connectivity index (χ2n) is 6.58. The quantitative estimate of drug-likeness (QED) is 0.852. The van der Waals surface area contributed by atoms with E-state index in [0.717, 1.165) is 17.1 Å². The van der Waals surface area contributed by atoms with Crippen molar-refractivity contribution in [2.75, 3.05) is 21.1 Å². The third-order valence-electron chi connectivity index (χ3n) is 4.83. The number of rotatable bonds is 4. The van der Waals surface area contributed by atoms with Gasteiger partial charge in [-0.2, -0.15) is 0 Å². The van der Waals surface area contributed by atoms with Gasteiger partial charge in [-0.1, -0.05) is 12.6 Å². The highest BCUT2D eigenvalue weighted by Gasteiger charge is 2.38. The van der Waals surface area contributed by atoms with Gasteiger partial charge in [-0.05, 0) is 38.3 Å². The largest absolute Gasteiger partial charge is 0.380 e. The monoisotopic (exact) mass is 298 g/mol. The third-order valence-corrected chi connectivity index (χ3v) is 4.83. The minimum absolute atomic E-state index is 0.157. The summed E-state index contributed by atoms with van der Waals surface area (Å²) >= 11 is 0. The summed E-state index contributed by atoms with van der Waals surface area (Å²) in [5.41, 5.74) is 4.45. The fourth-order valence-corrected chi connectivity index (χ4v) is 3.20. The molecule has 0 saturated heterocycles. The smallest absolute Gasteiger partial charge is 0.0966 e. The van der Waals surface area contributed by atoms with Crippen LogP contribution < -0.4 is 0 Å². The van der Waals surface area contributed by atoms with Crippen molar-refractivity contribution in [2.24, 2.45) is 0 Å². The van der Waals surface area contributed by atoms with Crippen LogP contribution in [0.1, 0.15) is 30.7 Å². The molecule has 0 radical (unpaired) electrons. The van der Waals surface area contributed by atoms with Gasteiger partial charge in [0, 0.05) is 50.3 Å². The van der Waals surface area contributed by atoms with E-state index in [2.05, 4.69) is 61.0 Å². The van der Waals surface area contributed by atoms with Gasteiger partial charge in [0.05, 0.1) is 11.7 Å². The third kappa shape index (κ3) is 2.52. The van der Waals surface area contributed by atoms with Crippen LogP contribution >= 0.6 is 0 Å². The number of aromatic nitrogens is 1. The molecule has 1 atom stereocenters. The fourth-order valence-electron chi connectivity index (χ4n) is 3.20. The first kappa shape index (κ1) is 15.1. The van der Waals surface area contributed by atoms with E-state index in [9.17, 15) is 0 Å². The van der Waals surface area contributed by atoms with Crippen LogP contribution in [0.3, 0.4) is 0 Å². The molecule has 0 N–H and O–H groups in total. The van der Waals surface area contributed by atoms with Gasteiger partial charge in [-0.15, -0.1) is 0 Å². The molecule has 4 heteroatoms. The van der Waals surface area contributed by atoms with Gasteiger partial charge in [-0.25, -0.2) is 5.01 Å². The molecule has 3 rings (SSSR count). The molecule has 118 valence electrons. The molecule has 4 nitrogen and oxygen atoms in total. The van der Waals surface area contributed by atoms with Crippen LogP contribution in [0.4, 0.5) is 0 Å². The summed E-state index contributed by atoms with van der Waals surface area (Å²) in [5.74, 6) is 0. The van der Waals surface area contributed by atoms with Crippen LogP contribution in [-0.4, -0.2) is 53.1 Å². The minimum atomic E-state index is 0.157. The minimum Gasteiger partial charge on any atom is -0.380 e. The molecule has 1 aromatic rings. The number of hydrazine groups is 1. The lowest BCUT2D eigenvalue weighted by Gasteiger charge is -2.41. The van der Waals surface area contributed by atoms with Crippen LogP contribution in [-0.2, 0) is 0 Å². The number of hydrogen-bond acceptors (Lipinski definition) is 4. The second kappa shape index (κ2) is 5.76. The van der Waals surface area contributed by atoms with E-state index < -0.39 is 0 Å². The van der Waals surface area contributed by atoms with Gasteiger partial charge in [0.1, 0.15) is 0 Å². The van der Waals surface area contributed by atoms with Gasteiger partial charge < -0.3 is 9.91 Å². The van der Waals surface area contributed by atoms with Gasteiger partial charge in [0.15, 0.2) is 0 Å². The zero-order valence-electron chi connectivity index (χ0n) is 14.1. The molecule has 1 fully saturated rings. The van der Waals surface area contributed by atoms with Crippen LogP contribution in [0.2, 0.25) is 0 Å². The van der Waals surface area contributed by atoms with Crippen LogP contribution in [0, 0.1) is 6.92 Å². The standard InChI is InChI=1S/C18H26N4/c1-13-8-6-11-17(19-13)16-12-22(15-9-7-10-15)21(5)18(16)14(2)20(3)4/h6,8,11-12,15,18H,2,7,9-10H2,1,3-5H3. The van der Waals surface area contributed by atoms with Gasteiger partial charge in [-0.3, -0.25) is 4.98 Å². The Balaban J connectivity index is 1.99. The predicted octanol–water partition coefficient (Wildman–Crippen LogP) is 2.89. The first-order valence-corrected chi connectivity index (χ1v) is 8.02. The molecule has 0 amide bonds. The summed E-state index contributed by atoms with van der Waals surface area (Å²) in [6.45, 7) is 6.36. The molecule has 1 aliphatic heterocycles. The summed E-state index contributed by atoms with van der Waals surface area (Å²) in [6, 6.07) is 7.02. The number of aryl methyl sites for hydroxylation is 1. The molecule has 0 bridgehead atoms. The van der Waals surface area contributed by atoms with Crippen molar-refractivity contribution in [3.8, 4) is 0 Å². The predicted molar refractivity (Wildman–Crippen MR) is 90.8 cm³/mol. The first-order chi connectivity index (χ1) is 10.5. The van der Waals surface area contributed by atoms with E-state index in [1.54, 1.807) is 0 Å². The molecule has 1 aromatic heterocycles. The van der Waals surface area contributed by atoms with Crippen LogP contribution in [0.15, 0.2) is 36.7 Å². The molecule has 2 aliphatic rings. The topological polar surface area (TPSA) is 22.6 Å². The highest BCUT2D eigenvalue weighted by molar-refractivity contribution is 5.71. The number of pyridine rings is 1. The number of hydrogen-bond donors (Lipinski definition) is 0. The molecular weight excluding hydrogens is 272 g/mol. The zero-order valence-corrected chi connectivity index (χ0v) is 14.1. The summed E-state index contributed by atoms with van der Waals surface area (Å²) in [4.78, 5) is 6.84. The average Bonchev–Trinajstić information content (AvgIpc) is 2.74. The Morgan fingerprint density at radius 3 is 2.59 bits per heavy atom. The van der Waals surface area contributed by atoms with Crippen LogP contribution in [0.5, 0.6) is 0 Å². The summed E-state index contributed by atoms with van der Waals surface area (Å²) in [5, 5.41) is 4.72. The first-order valence-electron chi connectivity index (χ1n) is 8.02. The molecule has 1 aliphatic carbocycles. The van der Waals surface area contributed by atoms with E-state index in [-0.39, 0.29) is 6.04 Å². The van der Waals surface area contributed by atoms with E-state index in [4.69, 9.17) is 4.98 Å². The summed E-state index contributed by atoms with van der Waals surface area (Å²) < 4.78 is 0. The molecule has 2 heterocycles. The van der Waals surface area contributed by atoms with Crippen molar-refractivity contribution in [3.63, 3.8) is 0 Å². The molecule has 0 spiro atoms. The summed E-state index contributed by atoms with van der Waals surface area (Å²) in [6.07, 6.45) is 6.16. The maximum Gasteiger partial charge on any atom is 0.0966 e. The molecule has 1 unspecified atom stereocenters. The van der Waals surface area contributed by atoms with Crippen molar-refractivity contribution in [1.82, 2.24) is 19.9 Å². The van der Waals surface area contributed by atoms with Crippen molar-refractivity contribution >= 4 is 5.57 Å². The van der Waals surface area contributed by atoms with Gasteiger partial charge in [0.2, 0.25) is 0 Å². The van der Waals surface area contributed by atoms with E-state index in [1.165, 1.54) is 24.8 Å². The SMILES string of the molecule is C=C(C1C(c2cccc(C)n2)=CN(C2CCC2)N1C)N(C)C. The van der Waals surface area contributed by atoms with E-state index in [0.29, 0.717) is 6.04 Å². The zero-order chi connectivity index (χ0) is 15.9. The number of likely N-dealkylation sites (N-methyl/N-ethyl adjacent to an activating group) is 2. The molecule has 0 aromatic carbocycles. The van der Waals surface area contributed by atoms with Crippen molar-refractivity contribution in [2.45, 2.75) is 38.3 Å². The highest BCUT2D eigenvalue weighted by atomic mass is 15.7. The lowest BCUT2D eigenvalue weighted by molar-refractivity contribution is -0.0170. The molecular formula is C18H26N4. The van der Waals surface area contributed by atoms with Crippen molar-refractivity contribution < 1.29 is 0 Å². The fraction of sp³-hybridized carbons (Fsp3) is 0.500. The molecule has 22 heavy (non-hydrogen) atoms. The maximum absolute atomic E-state index is 4.74. The maximum atomic E-state index is 4.74. The Bertz CT molecular complexity index is 601. The lowest BCUT2D eigenvalue weighted by atomic mass is 9.93. The highest BCUT2D eigenvalue weighted by Crippen LogP contribution is 2.38. The van der Waals surface area contributed by atoms with Crippen LogP contribution in [0.25, 0.3) is 5.57 Å². The van der Waals surface area contributed by atoms with E-state index >= 15 is 0 Å². The van der Waals surface area contributed by atoms with Crippen molar-refractivity contribution in [3.05, 3.63) is 48.1 Å². The van der Waals surface area contributed by atoms with Crippen molar-refractivity contribution in [1.29, 1.82) is 0 Å². The van der Waals surface area contributed by atoms with Gasteiger partial charge >= 0.3 is 0 Å². The average molecular weight is 298 g/mol. The Morgan fingerprint density at radius 1 is 1.32 bits per heavy atom. The van der Waals surface area contributed by atoms with Gasteiger partial charge in [0.25, 0.3) is 0 Å².